The summed E-state index contributed by atoms with van der Waals surface area (Å²) in [6.45, 7) is 5.30. The molecule has 0 bridgehead atoms. The van der Waals surface area contributed by atoms with Crippen LogP contribution in [0.1, 0.15) is 84.6 Å². The number of ether oxygens (including phenoxy) is 1. The Bertz CT molecular complexity index is 1830. The average molecular weight is 692 g/mol. The minimum atomic E-state index is -0.938. The summed E-state index contributed by atoms with van der Waals surface area (Å²) in [6.07, 6.45) is 2.34. The molecule has 0 spiro atoms. The van der Waals surface area contributed by atoms with E-state index in [0.717, 1.165) is 41.5 Å². The number of ketones is 2. The predicted molar refractivity (Wildman–Crippen MR) is 192 cm³/mol. The van der Waals surface area contributed by atoms with Gasteiger partial charge in [0, 0.05) is 37.9 Å². The minimum Gasteiger partial charge on any atom is -0.444 e. The summed E-state index contributed by atoms with van der Waals surface area (Å²) in [4.78, 5) is 67.9. The van der Waals surface area contributed by atoms with Gasteiger partial charge in [0.05, 0.1) is 29.9 Å². The van der Waals surface area contributed by atoms with E-state index in [1.807, 2.05) is 36.4 Å². The smallest absolute Gasteiger partial charge is 0.407 e. The molecule has 51 heavy (non-hydrogen) atoms. The molecule has 3 aromatic carbocycles. The van der Waals surface area contributed by atoms with E-state index >= 15 is 0 Å². The fourth-order valence-electron chi connectivity index (χ4n) is 6.62. The molecule has 0 fully saturated rings. The Morgan fingerprint density at radius 1 is 0.922 bits per heavy atom. The van der Waals surface area contributed by atoms with E-state index in [2.05, 4.69) is 22.0 Å². The Morgan fingerprint density at radius 2 is 1.65 bits per heavy atom. The van der Waals surface area contributed by atoms with Crippen LogP contribution in [-0.2, 0) is 44.9 Å². The summed E-state index contributed by atoms with van der Waals surface area (Å²) in [5, 5.41) is 18.6. The Labute approximate surface area is 298 Å². The van der Waals surface area contributed by atoms with E-state index in [-0.39, 0.29) is 56.4 Å². The van der Waals surface area contributed by atoms with Crippen LogP contribution < -0.4 is 16.0 Å². The summed E-state index contributed by atoms with van der Waals surface area (Å²) in [5.41, 5.74) is 4.58. The first-order valence-electron chi connectivity index (χ1n) is 17.5. The van der Waals surface area contributed by atoms with Crippen molar-refractivity contribution in [3.63, 3.8) is 0 Å². The molecule has 0 aromatic heterocycles. The van der Waals surface area contributed by atoms with Crippen LogP contribution in [0.15, 0.2) is 66.7 Å². The average Bonchev–Trinajstić information content (AvgIpc) is 3.59. The first-order chi connectivity index (χ1) is 24.4. The van der Waals surface area contributed by atoms with Crippen molar-refractivity contribution in [2.45, 2.75) is 89.9 Å². The van der Waals surface area contributed by atoms with E-state index in [4.69, 9.17) is 4.74 Å². The summed E-state index contributed by atoms with van der Waals surface area (Å²) < 4.78 is 5.33. The molecular weight excluding hydrogens is 646 g/mol. The number of amides is 3. The van der Waals surface area contributed by atoms with Crippen molar-refractivity contribution in [1.82, 2.24) is 15.5 Å². The summed E-state index contributed by atoms with van der Waals surface area (Å²) in [7, 11) is 0. The van der Waals surface area contributed by atoms with Crippen molar-refractivity contribution in [3.8, 4) is 6.07 Å². The number of hydrogen-bond donors (Lipinski definition) is 3. The van der Waals surface area contributed by atoms with Gasteiger partial charge >= 0.3 is 6.09 Å². The van der Waals surface area contributed by atoms with Crippen LogP contribution in [0.5, 0.6) is 0 Å². The molecule has 3 amide bonds. The van der Waals surface area contributed by atoms with Gasteiger partial charge in [-0.1, -0.05) is 60.7 Å². The molecular formula is C40H45N5O6. The topological polar surface area (TPSA) is 158 Å². The van der Waals surface area contributed by atoms with E-state index in [1.54, 1.807) is 51.1 Å². The molecule has 5 rings (SSSR count). The number of carbonyl (C=O) groups is 5. The van der Waals surface area contributed by atoms with Crippen molar-refractivity contribution in [2.24, 2.45) is 0 Å². The molecule has 1 aliphatic carbocycles. The van der Waals surface area contributed by atoms with Crippen molar-refractivity contribution in [3.05, 3.63) is 100 Å². The fraction of sp³-hybridized carbons (Fsp3) is 0.400. The Kier molecular flexibility index (Phi) is 12.0. The number of benzene rings is 3. The minimum absolute atomic E-state index is 0.0143. The molecule has 0 saturated carbocycles. The quantitative estimate of drug-likeness (QED) is 0.210. The number of nitrogens with zero attached hydrogens (tertiary/aromatic N) is 2. The van der Waals surface area contributed by atoms with Gasteiger partial charge in [-0.25, -0.2) is 4.79 Å². The highest BCUT2D eigenvalue weighted by molar-refractivity contribution is 5.99. The third-order valence-electron chi connectivity index (χ3n) is 9.20. The molecule has 2 aliphatic rings. The van der Waals surface area contributed by atoms with Gasteiger partial charge in [0.1, 0.15) is 11.7 Å². The number of carbonyl (C=O) groups excluding carboxylic acids is 5. The van der Waals surface area contributed by atoms with Gasteiger partial charge < -0.3 is 20.3 Å². The highest BCUT2D eigenvalue weighted by Gasteiger charge is 2.35. The van der Waals surface area contributed by atoms with Crippen LogP contribution >= 0.6 is 0 Å². The van der Waals surface area contributed by atoms with E-state index in [0.29, 0.717) is 23.2 Å². The maximum absolute atomic E-state index is 13.9. The van der Waals surface area contributed by atoms with Gasteiger partial charge in [-0.3, -0.25) is 24.5 Å². The SMILES string of the molecule is CC(C)(C)OC(=O)NCC[C@H](NCC(=O)[C@@H]1Cc2ccccc2CN1C(=O)CCC(=O)c1ccccc1)C(=O)Nc1ccc2c(c1C#N)CCC2. The van der Waals surface area contributed by atoms with Crippen LogP contribution in [0.25, 0.3) is 0 Å². The van der Waals surface area contributed by atoms with Crippen molar-refractivity contribution in [1.29, 1.82) is 5.26 Å². The van der Waals surface area contributed by atoms with E-state index < -0.39 is 29.7 Å². The lowest BCUT2D eigenvalue weighted by molar-refractivity contribution is -0.140. The van der Waals surface area contributed by atoms with Crippen LogP contribution in [0, 0.1) is 11.3 Å². The van der Waals surface area contributed by atoms with Crippen LogP contribution in [-0.4, -0.2) is 65.1 Å². The van der Waals surface area contributed by atoms with E-state index in [9.17, 15) is 29.2 Å². The maximum Gasteiger partial charge on any atom is 0.407 e. The first-order valence-corrected chi connectivity index (χ1v) is 17.5. The number of rotatable bonds is 13. The second-order valence-electron chi connectivity index (χ2n) is 14.0. The summed E-state index contributed by atoms with van der Waals surface area (Å²) in [6, 6.07) is 20.6. The van der Waals surface area contributed by atoms with Gasteiger partial charge in [-0.15, -0.1) is 0 Å². The molecule has 266 valence electrons. The number of anilines is 1. The highest BCUT2D eigenvalue weighted by atomic mass is 16.6. The van der Waals surface area contributed by atoms with Crippen molar-refractivity contribution in [2.75, 3.05) is 18.4 Å². The Hall–Kier alpha value is -5.34. The highest BCUT2D eigenvalue weighted by Crippen LogP contribution is 2.30. The third-order valence-corrected chi connectivity index (χ3v) is 9.20. The second kappa shape index (κ2) is 16.6. The van der Waals surface area contributed by atoms with Crippen LogP contribution in [0.2, 0.25) is 0 Å². The Morgan fingerprint density at radius 3 is 2.37 bits per heavy atom. The third kappa shape index (κ3) is 9.67. The number of nitrogens with one attached hydrogen (secondary N) is 3. The standard InChI is InChI=1S/C40H45N5O6/c1-40(2,3)51-39(50)42-21-20-33(38(49)44-32-17-16-26-14-9-15-30(26)31(32)23-41)43-24-36(47)34-22-28-12-7-8-13-29(28)25-45(34)37(48)19-18-35(46)27-10-5-4-6-11-27/h4-8,10-13,16-17,33-34,43H,9,14-15,18-22,24-25H2,1-3H3,(H,42,50)(H,44,49)/t33-,34-/m0/s1. The Balaban J connectivity index is 1.30. The second-order valence-corrected chi connectivity index (χ2v) is 14.0. The zero-order valence-electron chi connectivity index (χ0n) is 29.4. The fourth-order valence-corrected chi connectivity index (χ4v) is 6.62. The maximum atomic E-state index is 13.9. The monoisotopic (exact) mass is 691 g/mol. The molecule has 11 heteroatoms. The van der Waals surface area contributed by atoms with Gasteiger partial charge in [-0.2, -0.15) is 5.26 Å². The van der Waals surface area contributed by atoms with Crippen molar-refractivity contribution < 1.29 is 28.7 Å². The summed E-state index contributed by atoms with van der Waals surface area (Å²) in [5.74, 6) is -1.21. The predicted octanol–water partition coefficient (Wildman–Crippen LogP) is 5.04. The van der Waals surface area contributed by atoms with Crippen LogP contribution in [0.4, 0.5) is 10.5 Å². The van der Waals surface area contributed by atoms with Gasteiger partial charge in [0.15, 0.2) is 11.6 Å². The molecule has 0 saturated heterocycles. The summed E-state index contributed by atoms with van der Waals surface area (Å²) >= 11 is 0. The first kappa shape index (κ1) is 36.9. The van der Waals surface area contributed by atoms with Crippen molar-refractivity contribution >= 4 is 35.2 Å². The molecule has 1 aliphatic heterocycles. The molecule has 3 aromatic rings. The lowest BCUT2D eigenvalue weighted by Gasteiger charge is -2.36. The zero-order chi connectivity index (χ0) is 36.5. The number of alkyl carbamates (subject to hydrolysis) is 1. The number of aryl methyl sites for hydroxylation is 1. The molecule has 11 nitrogen and oxygen atoms in total. The lowest BCUT2D eigenvalue weighted by atomic mass is 9.91. The molecule has 0 unspecified atom stereocenters. The largest absolute Gasteiger partial charge is 0.444 e. The van der Waals surface area contributed by atoms with Gasteiger partial charge in [0.25, 0.3) is 0 Å². The lowest BCUT2D eigenvalue weighted by Crippen LogP contribution is -2.53. The number of Topliss-reactive ketones (excluding diaryl/α,β-unsaturated/α-hetero) is 2. The number of nitriles is 1. The number of fused-ring (bicyclic) bond motifs is 2. The molecule has 1 heterocycles. The van der Waals surface area contributed by atoms with E-state index in [1.165, 1.54) is 4.90 Å². The van der Waals surface area contributed by atoms with Gasteiger partial charge in [-0.05, 0) is 74.8 Å². The normalized spacial score (nSPS) is 15.5. The van der Waals surface area contributed by atoms with Crippen LogP contribution in [0.3, 0.4) is 0 Å². The number of hydrogen-bond acceptors (Lipinski definition) is 8. The molecule has 2 atom stereocenters. The molecule has 0 radical (unpaired) electrons. The van der Waals surface area contributed by atoms with Gasteiger partial charge in [0.2, 0.25) is 11.8 Å². The molecule has 3 N–H and O–H groups in total. The zero-order valence-corrected chi connectivity index (χ0v) is 29.4.